The van der Waals surface area contributed by atoms with Crippen molar-refractivity contribution in [3.05, 3.63) is 47.8 Å². The highest BCUT2D eigenvalue weighted by Gasteiger charge is 2.05. The molecule has 1 aromatic carbocycles. The molecule has 0 fully saturated rings. The van der Waals surface area contributed by atoms with Gasteiger partial charge in [0.2, 0.25) is 0 Å². The van der Waals surface area contributed by atoms with Crippen LogP contribution in [0.3, 0.4) is 0 Å². The Bertz CT molecular complexity index is 415. The predicted octanol–water partition coefficient (Wildman–Crippen LogP) is 2.45. The largest absolute Gasteiger partial charge is 0.361 e. The van der Waals surface area contributed by atoms with Gasteiger partial charge in [-0.25, -0.2) is 0 Å². The maximum Gasteiger partial charge on any atom is 0.0367 e. The van der Waals surface area contributed by atoms with Crippen molar-refractivity contribution in [3.8, 4) is 11.1 Å². The molecule has 1 aromatic heterocycles. The Morgan fingerprint density at radius 2 is 1.93 bits per heavy atom. The third-order valence-corrected chi connectivity index (χ3v) is 2.32. The molecule has 0 saturated heterocycles. The molecule has 2 rings (SSSR count). The van der Waals surface area contributed by atoms with Crippen LogP contribution in [-0.4, -0.2) is 4.98 Å². The van der Waals surface area contributed by atoms with Crippen molar-refractivity contribution in [2.24, 2.45) is 5.73 Å². The van der Waals surface area contributed by atoms with Crippen molar-refractivity contribution < 1.29 is 0 Å². The minimum absolute atomic E-state index is 0.554. The van der Waals surface area contributed by atoms with Crippen LogP contribution in [-0.2, 0) is 6.54 Å². The van der Waals surface area contributed by atoms with Crippen molar-refractivity contribution in [3.63, 3.8) is 0 Å². The number of aryl methyl sites for hydroxylation is 1. The molecule has 2 heteroatoms. The van der Waals surface area contributed by atoms with Gasteiger partial charge in [0.25, 0.3) is 0 Å². The number of aromatic nitrogens is 1. The number of hydrogen-bond donors (Lipinski definition) is 2. The van der Waals surface area contributed by atoms with E-state index in [1.165, 1.54) is 11.1 Å². The lowest BCUT2D eigenvalue weighted by molar-refractivity contribution is 1.00. The van der Waals surface area contributed by atoms with Gasteiger partial charge in [0, 0.05) is 23.5 Å². The Morgan fingerprint density at radius 1 is 1.21 bits per heavy atom. The zero-order chi connectivity index (χ0) is 9.97. The molecular formula is C12H14N2. The molecule has 0 aliphatic rings. The molecule has 0 atom stereocenters. The van der Waals surface area contributed by atoms with Crippen LogP contribution in [0.5, 0.6) is 0 Å². The first-order valence-electron chi connectivity index (χ1n) is 4.75. The van der Waals surface area contributed by atoms with E-state index in [1.807, 2.05) is 25.1 Å². The van der Waals surface area contributed by atoms with Crippen molar-refractivity contribution in [2.75, 3.05) is 0 Å². The predicted molar refractivity (Wildman–Crippen MR) is 58.9 cm³/mol. The molecule has 0 spiro atoms. The van der Waals surface area contributed by atoms with Crippen LogP contribution in [0.2, 0.25) is 0 Å². The molecule has 0 bridgehead atoms. The Balaban J connectivity index is 2.51. The van der Waals surface area contributed by atoms with E-state index in [2.05, 4.69) is 23.2 Å². The summed E-state index contributed by atoms with van der Waals surface area (Å²) in [7, 11) is 0. The Morgan fingerprint density at radius 3 is 2.57 bits per heavy atom. The molecule has 0 aliphatic carbocycles. The summed E-state index contributed by atoms with van der Waals surface area (Å²) in [5.41, 5.74) is 10.4. The molecule has 1 heterocycles. The Hall–Kier alpha value is -1.54. The fourth-order valence-electron chi connectivity index (χ4n) is 1.68. The van der Waals surface area contributed by atoms with Crippen LogP contribution in [0.4, 0.5) is 0 Å². The lowest BCUT2D eigenvalue weighted by Crippen LogP contribution is -1.98. The van der Waals surface area contributed by atoms with Gasteiger partial charge in [-0.2, -0.15) is 0 Å². The molecular weight excluding hydrogens is 172 g/mol. The number of rotatable bonds is 2. The first-order valence-corrected chi connectivity index (χ1v) is 4.75. The van der Waals surface area contributed by atoms with Crippen LogP contribution < -0.4 is 5.73 Å². The Kier molecular flexibility index (Phi) is 2.37. The second kappa shape index (κ2) is 3.68. The van der Waals surface area contributed by atoms with Gasteiger partial charge in [-0.3, -0.25) is 0 Å². The highest BCUT2D eigenvalue weighted by molar-refractivity contribution is 5.67. The van der Waals surface area contributed by atoms with Crippen molar-refractivity contribution >= 4 is 0 Å². The van der Waals surface area contributed by atoms with Crippen LogP contribution in [0, 0.1) is 6.92 Å². The number of H-pyrrole nitrogens is 1. The van der Waals surface area contributed by atoms with Gasteiger partial charge in [0.15, 0.2) is 0 Å². The molecule has 0 aliphatic heterocycles. The summed E-state index contributed by atoms with van der Waals surface area (Å²) in [6.07, 6.45) is 0. The third-order valence-electron chi connectivity index (χ3n) is 2.32. The average Bonchev–Trinajstić information content (AvgIpc) is 2.61. The summed E-state index contributed by atoms with van der Waals surface area (Å²) in [5, 5.41) is 0. The molecule has 2 aromatic rings. The summed E-state index contributed by atoms with van der Waals surface area (Å²) in [6, 6.07) is 12.4. The summed E-state index contributed by atoms with van der Waals surface area (Å²) in [5.74, 6) is 0. The van der Waals surface area contributed by atoms with E-state index < -0.39 is 0 Å². The smallest absolute Gasteiger partial charge is 0.0367 e. The molecule has 0 saturated carbocycles. The summed E-state index contributed by atoms with van der Waals surface area (Å²) >= 11 is 0. The van der Waals surface area contributed by atoms with E-state index in [9.17, 15) is 0 Å². The number of nitrogens with two attached hydrogens (primary N) is 1. The zero-order valence-corrected chi connectivity index (χ0v) is 8.25. The van der Waals surface area contributed by atoms with E-state index in [0.29, 0.717) is 6.54 Å². The maximum absolute atomic E-state index is 5.67. The quantitative estimate of drug-likeness (QED) is 0.743. The number of aromatic amines is 1. The van der Waals surface area contributed by atoms with Gasteiger partial charge in [0.05, 0.1) is 0 Å². The van der Waals surface area contributed by atoms with E-state index in [0.717, 1.165) is 11.4 Å². The number of hydrogen-bond acceptors (Lipinski definition) is 1. The fraction of sp³-hybridized carbons (Fsp3) is 0.167. The third kappa shape index (κ3) is 1.56. The van der Waals surface area contributed by atoms with Gasteiger partial charge in [-0.1, -0.05) is 30.3 Å². The van der Waals surface area contributed by atoms with E-state index in [-0.39, 0.29) is 0 Å². The van der Waals surface area contributed by atoms with Gasteiger partial charge < -0.3 is 10.7 Å². The van der Waals surface area contributed by atoms with Crippen LogP contribution in [0.1, 0.15) is 11.4 Å². The van der Waals surface area contributed by atoms with Gasteiger partial charge in [0.1, 0.15) is 0 Å². The first kappa shape index (κ1) is 9.03. The minimum Gasteiger partial charge on any atom is -0.361 e. The lowest BCUT2D eigenvalue weighted by atomic mass is 10.1. The molecule has 0 radical (unpaired) electrons. The highest BCUT2D eigenvalue weighted by Crippen LogP contribution is 2.23. The van der Waals surface area contributed by atoms with Crippen LogP contribution in [0.25, 0.3) is 11.1 Å². The minimum atomic E-state index is 0.554. The van der Waals surface area contributed by atoms with E-state index >= 15 is 0 Å². The lowest BCUT2D eigenvalue weighted by Gasteiger charge is -2.00. The number of benzene rings is 1. The Labute approximate surface area is 83.8 Å². The SMILES string of the molecule is Cc1cc(-c2ccccc2)c(CN)[nH]1. The second-order valence-corrected chi connectivity index (χ2v) is 3.41. The van der Waals surface area contributed by atoms with Gasteiger partial charge in [-0.15, -0.1) is 0 Å². The van der Waals surface area contributed by atoms with Crippen molar-refractivity contribution in [2.45, 2.75) is 13.5 Å². The summed E-state index contributed by atoms with van der Waals surface area (Å²) in [4.78, 5) is 3.27. The van der Waals surface area contributed by atoms with E-state index in [4.69, 9.17) is 5.73 Å². The molecule has 0 unspecified atom stereocenters. The van der Waals surface area contributed by atoms with Crippen molar-refractivity contribution in [1.82, 2.24) is 4.98 Å². The highest BCUT2D eigenvalue weighted by atomic mass is 14.8. The van der Waals surface area contributed by atoms with Crippen molar-refractivity contribution in [1.29, 1.82) is 0 Å². The monoisotopic (exact) mass is 186 g/mol. The van der Waals surface area contributed by atoms with E-state index in [1.54, 1.807) is 0 Å². The summed E-state index contributed by atoms with van der Waals surface area (Å²) in [6.45, 7) is 2.60. The average molecular weight is 186 g/mol. The standard InChI is InChI=1S/C12H14N2/c1-9-7-11(12(8-13)14-9)10-5-3-2-4-6-10/h2-7,14H,8,13H2,1H3. The zero-order valence-electron chi connectivity index (χ0n) is 8.25. The maximum atomic E-state index is 5.67. The molecule has 14 heavy (non-hydrogen) atoms. The normalized spacial score (nSPS) is 10.4. The molecule has 0 amide bonds. The molecule has 72 valence electrons. The van der Waals surface area contributed by atoms with Crippen LogP contribution in [0.15, 0.2) is 36.4 Å². The number of nitrogens with one attached hydrogen (secondary N) is 1. The second-order valence-electron chi connectivity index (χ2n) is 3.41. The van der Waals surface area contributed by atoms with Crippen LogP contribution >= 0.6 is 0 Å². The van der Waals surface area contributed by atoms with Gasteiger partial charge >= 0.3 is 0 Å². The van der Waals surface area contributed by atoms with Gasteiger partial charge in [-0.05, 0) is 18.6 Å². The summed E-state index contributed by atoms with van der Waals surface area (Å²) < 4.78 is 0. The molecule has 3 N–H and O–H groups in total. The topological polar surface area (TPSA) is 41.8 Å². The first-order chi connectivity index (χ1) is 6.81. The molecule has 2 nitrogen and oxygen atoms in total. The fourth-order valence-corrected chi connectivity index (χ4v) is 1.68.